The summed E-state index contributed by atoms with van der Waals surface area (Å²) in [7, 11) is 1.25. The van der Waals surface area contributed by atoms with E-state index < -0.39 is 17.5 Å². The first-order valence-corrected chi connectivity index (χ1v) is 11.5. The molecule has 0 atom stereocenters. The molecule has 0 bridgehead atoms. The van der Waals surface area contributed by atoms with Gasteiger partial charge in [-0.1, -0.05) is 43.5 Å². The van der Waals surface area contributed by atoms with Crippen LogP contribution in [0.15, 0.2) is 41.1 Å². The highest BCUT2D eigenvalue weighted by molar-refractivity contribution is 6.34. The Labute approximate surface area is 200 Å². The van der Waals surface area contributed by atoms with Gasteiger partial charge in [-0.2, -0.15) is 4.39 Å². The molecule has 3 N–H and O–H groups in total. The molecular weight excluding hydrogens is 464 g/mol. The Morgan fingerprint density at radius 1 is 1.24 bits per heavy atom. The molecule has 5 rings (SSSR count). The van der Waals surface area contributed by atoms with Gasteiger partial charge in [-0.15, -0.1) is 0 Å². The van der Waals surface area contributed by atoms with E-state index in [1.165, 1.54) is 19.2 Å². The molecule has 34 heavy (non-hydrogen) atoms. The SMILES string of the molecule is C=C1Nc2c(Cl)cc3cc(C(=O)NCc4ccc(OC)c(F)c4F)oc3c2C2(CCCCC2)N1. The van der Waals surface area contributed by atoms with E-state index >= 15 is 0 Å². The summed E-state index contributed by atoms with van der Waals surface area (Å²) < 4.78 is 39.1. The Hall–Kier alpha value is -3.26. The van der Waals surface area contributed by atoms with Crippen molar-refractivity contribution in [2.75, 3.05) is 12.4 Å². The van der Waals surface area contributed by atoms with Crippen LogP contribution < -0.4 is 20.7 Å². The number of carbonyl (C=O) groups is 1. The van der Waals surface area contributed by atoms with Gasteiger partial charge in [0.1, 0.15) is 5.58 Å². The molecule has 9 heteroatoms. The fourth-order valence-corrected chi connectivity index (χ4v) is 5.29. The number of hydrogen-bond acceptors (Lipinski definition) is 5. The lowest BCUT2D eigenvalue weighted by Gasteiger charge is -2.44. The zero-order valence-electron chi connectivity index (χ0n) is 18.6. The molecule has 2 aliphatic rings. The average molecular weight is 488 g/mol. The second-order valence-electron chi connectivity index (χ2n) is 8.75. The van der Waals surface area contributed by atoms with Gasteiger partial charge in [0, 0.05) is 23.1 Å². The molecular formula is C25H24ClF2N3O3. The number of fused-ring (bicyclic) bond motifs is 4. The average Bonchev–Trinajstić information content (AvgIpc) is 3.24. The third kappa shape index (κ3) is 3.66. The van der Waals surface area contributed by atoms with Crippen LogP contribution in [0.5, 0.6) is 5.75 Å². The molecule has 1 aliphatic heterocycles. The van der Waals surface area contributed by atoms with Crippen LogP contribution >= 0.6 is 11.6 Å². The highest BCUT2D eigenvalue weighted by atomic mass is 35.5. The van der Waals surface area contributed by atoms with Crippen LogP contribution in [-0.2, 0) is 12.1 Å². The molecule has 6 nitrogen and oxygen atoms in total. The molecule has 1 saturated carbocycles. The molecule has 1 fully saturated rings. The number of amides is 1. The Morgan fingerprint density at radius 3 is 2.74 bits per heavy atom. The summed E-state index contributed by atoms with van der Waals surface area (Å²) in [5, 5.41) is 10.5. The van der Waals surface area contributed by atoms with E-state index in [2.05, 4.69) is 22.5 Å². The molecule has 178 valence electrons. The van der Waals surface area contributed by atoms with Gasteiger partial charge in [0.05, 0.1) is 29.2 Å². The number of rotatable bonds is 4. The molecule has 0 radical (unpaired) electrons. The predicted molar refractivity (Wildman–Crippen MR) is 126 cm³/mol. The van der Waals surface area contributed by atoms with Gasteiger partial charge in [0.25, 0.3) is 5.91 Å². The van der Waals surface area contributed by atoms with Gasteiger partial charge < -0.3 is 25.1 Å². The third-order valence-electron chi connectivity index (χ3n) is 6.62. The molecule has 1 aliphatic carbocycles. The maximum atomic E-state index is 14.3. The lowest BCUT2D eigenvalue weighted by Crippen LogP contribution is -2.48. The van der Waals surface area contributed by atoms with E-state index in [1.54, 1.807) is 12.1 Å². The maximum absolute atomic E-state index is 14.3. The van der Waals surface area contributed by atoms with Crippen molar-refractivity contribution < 1.29 is 22.7 Å². The minimum Gasteiger partial charge on any atom is -0.494 e. The van der Waals surface area contributed by atoms with Crippen molar-refractivity contribution >= 4 is 34.2 Å². The maximum Gasteiger partial charge on any atom is 0.287 e. The van der Waals surface area contributed by atoms with Gasteiger partial charge in [-0.25, -0.2) is 4.39 Å². The van der Waals surface area contributed by atoms with Gasteiger partial charge in [0.2, 0.25) is 5.82 Å². The molecule has 0 saturated heterocycles. The fourth-order valence-electron chi connectivity index (χ4n) is 5.03. The van der Waals surface area contributed by atoms with Gasteiger partial charge in [0.15, 0.2) is 17.3 Å². The highest BCUT2D eigenvalue weighted by Crippen LogP contribution is 2.49. The third-order valence-corrected chi connectivity index (χ3v) is 6.92. The van der Waals surface area contributed by atoms with E-state index in [9.17, 15) is 13.6 Å². The van der Waals surface area contributed by atoms with Gasteiger partial charge in [-0.3, -0.25) is 4.79 Å². The zero-order chi connectivity index (χ0) is 24.0. The first-order valence-electron chi connectivity index (χ1n) is 11.1. The molecule has 3 aromatic rings. The van der Waals surface area contributed by atoms with E-state index in [1.807, 2.05) is 0 Å². The Kier molecular flexibility index (Phi) is 5.64. The van der Waals surface area contributed by atoms with Crippen LogP contribution in [0.2, 0.25) is 5.02 Å². The van der Waals surface area contributed by atoms with Crippen molar-refractivity contribution in [3.63, 3.8) is 0 Å². The lowest BCUT2D eigenvalue weighted by molar-refractivity contribution is 0.0924. The largest absolute Gasteiger partial charge is 0.494 e. The zero-order valence-corrected chi connectivity index (χ0v) is 19.4. The number of halogens is 3. The van der Waals surface area contributed by atoms with Crippen LogP contribution in [0.4, 0.5) is 14.5 Å². The number of anilines is 1. The van der Waals surface area contributed by atoms with Crippen LogP contribution in [0.3, 0.4) is 0 Å². The number of carbonyl (C=O) groups excluding carboxylic acids is 1. The van der Waals surface area contributed by atoms with Crippen molar-refractivity contribution in [3.8, 4) is 5.75 Å². The topological polar surface area (TPSA) is 75.5 Å². The van der Waals surface area contributed by atoms with E-state index in [0.29, 0.717) is 21.8 Å². The molecule has 2 aromatic carbocycles. The Balaban J connectivity index is 1.48. The predicted octanol–water partition coefficient (Wildman–Crippen LogP) is 5.95. The second-order valence-corrected chi connectivity index (χ2v) is 9.15. The fraction of sp³-hybridized carbons (Fsp3) is 0.320. The minimum atomic E-state index is -1.10. The quantitative estimate of drug-likeness (QED) is 0.424. The molecule has 0 unspecified atom stereocenters. The molecule has 1 aromatic heterocycles. The molecule has 2 heterocycles. The summed E-state index contributed by atoms with van der Waals surface area (Å²) in [6.45, 7) is 3.84. The number of furan rings is 1. The summed E-state index contributed by atoms with van der Waals surface area (Å²) in [6, 6.07) is 6.04. The first kappa shape index (κ1) is 22.5. The summed E-state index contributed by atoms with van der Waals surface area (Å²) in [5.74, 6) is -2.18. The van der Waals surface area contributed by atoms with Crippen molar-refractivity contribution in [2.24, 2.45) is 0 Å². The number of benzene rings is 2. The number of hydrogen-bond donors (Lipinski definition) is 3. The van der Waals surface area contributed by atoms with Crippen molar-refractivity contribution in [3.05, 3.63) is 70.2 Å². The summed E-state index contributed by atoms with van der Waals surface area (Å²) in [6.07, 6.45) is 5.02. The first-order chi connectivity index (χ1) is 16.3. The number of nitrogens with one attached hydrogen (secondary N) is 3. The summed E-state index contributed by atoms with van der Waals surface area (Å²) >= 11 is 6.61. The number of methoxy groups -OCH3 is 1. The van der Waals surface area contributed by atoms with Crippen LogP contribution in [0.25, 0.3) is 11.0 Å². The normalized spacial score (nSPS) is 16.6. The standard InChI is InChI=1S/C25H24ClF2N3O3/c1-13-30-22-16(26)10-15-11-18(34-23(15)19(22)25(31-13)8-4-3-5-9-25)24(32)29-12-14-6-7-17(33-2)21(28)20(14)27/h6-7,10-11,30-31H,1,3-5,8-9,12H2,2H3,(H,29,32). The summed E-state index contributed by atoms with van der Waals surface area (Å²) in [5.41, 5.74) is 1.81. The Bertz CT molecular complexity index is 1310. The molecule has 1 spiro atoms. The smallest absolute Gasteiger partial charge is 0.287 e. The van der Waals surface area contributed by atoms with E-state index in [0.717, 1.165) is 43.4 Å². The van der Waals surface area contributed by atoms with Crippen molar-refractivity contribution in [2.45, 2.75) is 44.2 Å². The lowest BCUT2D eigenvalue weighted by atomic mass is 9.74. The highest BCUT2D eigenvalue weighted by Gasteiger charge is 2.42. The number of ether oxygens (including phenoxy) is 1. The van der Waals surface area contributed by atoms with E-state index in [-0.39, 0.29) is 29.2 Å². The summed E-state index contributed by atoms with van der Waals surface area (Å²) in [4.78, 5) is 12.9. The minimum absolute atomic E-state index is 0.00347. The van der Waals surface area contributed by atoms with Gasteiger partial charge in [-0.05, 0) is 31.0 Å². The Morgan fingerprint density at radius 2 is 2.00 bits per heavy atom. The van der Waals surface area contributed by atoms with Crippen molar-refractivity contribution in [1.29, 1.82) is 0 Å². The van der Waals surface area contributed by atoms with Gasteiger partial charge >= 0.3 is 0 Å². The molecule has 1 amide bonds. The monoisotopic (exact) mass is 487 g/mol. The van der Waals surface area contributed by atoms with Crippen LogP contribution in [0, 0.1) is 11.6 Å². The van der Waals surface area contributed by atoms with Crippen LogP contribution in [-0.4, -0.2) is 13.0 Å². The van der Waals surface area contributed by atoms with Crippen molar-refractivity contribution in [1.82, 2.24) is 10.6 Å². The van der Waals surface area contributed by atoms with Crippen LogP contribution in [0.1, 0.15) is 53.8 Å². The second kappa shape index (κ2) is 8.51. The van der Waals surface area contributed by atoms with E-state index in [4.69, 9.17) is 20.8 Å².